The van der Waals surface area contributed by atoms with Crippen LogP contribution in [0.1, 0.15) is 52.2 Å². The number of aromatic carboxylic acids is 1. The Labute approximate surface area is 229 Å². The second-order valence-electron chi connectivity index (χ2n) is 9.05. The maximum absolute atomic E-state index is 13.3. The fourth-order valence-electron chi connectivity index (χ4n) is 4.33. The minimum absolute atomic E-state index is 0.0119. The van der Waals surface area contributed by atoms with E-state index in [0.29, 0.717) is 22.3 Å². The van der Waals surface area contributed by atoms with Crippen LogP contribution < -0.4 is 15.5 Å². The second-order valence-corrected chi connectivity index (χ2v) is 9.05. The maximum atomic E-state index is 13.3. The Bertz CT molecular complexity index is 1730. The number of hydrogen-bond acceptors (Lipinski definition) is 7. The molecule has 0 radical (unpaired) electrons. The van der Waals surface area contributed by atoms with Gasteiger partial charge < -0.3 is 25.2 Å². The number of carboxylic acids is 1. The van der Waals surface area contributed by atoms with E-state index in [1.165, 1.54) is 24.0 Å². The Morgan fingerprint density at radius 3 is 2.42 bits per heavy atom. The zero-order valence-electron chi connectivity index (χ0n) is 22.2. The summed E-state index contributed by atoms with van der Waals surface area (Å²) in [6.45, 7) is 5.02. The lowest BCUT2D eigenvalue weighted by molar-refractivity contribution is -0.118. The molecule has 3 N–H and O–H groups in total. The summed E-state index contributed by atoms with van der Waals surface area (Å²) in [5.74, 6) is -2.39. The molecule has 202 valence electrons. The topological polar surface area (TPSA) is 166 Å². The first kappa shape index (κ1) is 27.5. The van der Waals surface area contributed by atoms with Crippen molar-refractivity contribution in [2.24, 2.45) is 0 Å². The number of hydrogen-bond donors (Lipinski definition) is 3. The number of fused-ring (bicyclic) bond motifs is 1. The van der Waals surface area contributed by atoms with E-state index in [2.05, 4.69) is 15.8 Å². The molecule has 0 spiro atoms. The normalized spacial score (nSPS) is 10.6. The van der Waals surface area contributed by atoms with Crippen molar-refractivity contribution in [3.63, 3.8) is 0 Å². The van der Waals surface area contributed by atoms with Crippen LogP contribution in [0.3, 0.4) is 0 Å². The maximum Gasteiger partial charge on any atom is 0.337 e. The van der Waals surface area contributed by atoms with E-state index in [9.17, 15) is 24.3 Å². The third-order valence-electron chi connectivity index (χ3n) is 6.31. The molecule has 0 aliphatic heterocycles. The quantitative estimate of drug-likeness (QED) is 0.296. The van der Waals surface area contributed by atoms with Crippen LogP contribution in [0.5, 0.6) is 0 Å². The summed E-state index contributed by atoms with van der Waals surface area (Å²) in [5, 5.41) is 28.2. The minimum Gasteiger partial charge on any atom is -0.478 e. The van der Waals surface area contributed by atoms with E-state index in [4.69, 9.17) is 9.78 Å². The van der Waals surface area contributed by atoms with Crippen LogP contribution in [-0.4, -0.2) is 41.0 Å². The molecule has 11 heteroatoms. The number of nitriles is 1. The molecule has 0 saturated heterocycles. The predicted octanol–water partition coefficient (Wildman–Crippen LogP) is 4.96. The minimum atomic E-state index is -1.31. The average Bonchev–Trinajstić information content (AvgIpc) is 3.34. The van der Waals surface area contributed by atoms with E-state index in [1.54, 1.807) is 44.3 Å². The van der Waals surface area contributed by atoms with Gasteiger partial charge in [-0.3, -0.25) is 14.4 Å². The second kappa shape index (κ2) is 11.1. The van der Waals surface area contributed by atoms with Crippen LogP contribution in [0.2, 0.25) is 0 Å². The van der Waals surface area contributed by atoms with Crippen LogP contribution in [0.4, 0.5) is 17.1 Å². The molecule has 3 aromatic carbocycles. The standard InChI is InChI=1S/C29H25N5O6/c1-5-26(36)34(4)24-13-25-22(12-20(24)19-8-7-18(10-15(19)2)31-16(3)35)27(33-40-25)28(37)32-23-9-6-17(14-30)11-21(23)29(38)39/h6-13H,5H2,1-4H3,(H,31,35)(H,32,37)(H,38,39). The molecule has 0 aliphatic carbocycles. The third kappa shape index (κ3) is 5.37. The van der Waals surface area contributed by atoms with E-state index in [0.717, 1.165) is 17.2 Å². The number of carbonyl (C=O) groups is 4. The van der Waals surface area contributed by atoms with Crippen LogP contribution in [0, 0.1) is 18.3 Å². The highest BCUT2D eigenvalue weighted by Crippen LogP contribution is 2.38. The first-order valence-electron chi connectivity index (χ1n) is 12.2. The first-order valence-corrected chi connectivity index (χ1v) is 12.2. The highest BCUT2D eigenvalue weighted by molar-refractivity contribution is 6.14. The molecule has 0 atom stereocenters. The Balaban J connectivity index is 1.84. The number of carboxylic acid groups (broad SMARTS) is 1. The number of benzene rings is 3. The third-order valence-corrected chi connectivity index (χ3v) is 6.31. The highest BCUT2D eigenvalue weighted by Gasteiger charge is 2.24. The summed E-state index contributed by atoms with van der Waals surface area (Å²) in [5.41, 5.74) is 3.31. The molecule has 1 heterocycles. The molecule has 0 fully saturated rings. The number of amides is 3. The van der Waals surface area contributed by atoms with Crippen molar-refractivity contribution >= 4 is 51.7 Å². The molecule has 0 aliphatic rings. The summed E-state index contributed by atoms with van der Waals surface area (Å²) in [6, 6.07) is 14.4. The summed E-state index contributed by atoms with van der Waals surface area (Å²) < 4.78 is 5.45. The van der Waals surface area contributed by atoms with Crippen molar-refractivity contribution < 1.29 is 28.8 Å². The lowest BCUT2D eigenvalue weighted by Crippen LogP contribution is -2.25. The summed E-state index contributed by atoms with van der Waals surface area (Å²) >= 11 is 0. The number of nitrogens with zero attached hydrogens (tertiary/aromatic N) is 3. The molecule has 11 nitrogen and oxygen atoms in total. The smallest absolute Gasteiger partial charge is 0.337 e. The van der Waals surface area contributed by atoms with Gasteiger partial charge in [0.2, 0.25) is 11.8 Å². The highest BCUT2D eigenvalue weighted by atomic mass is 16.5. The molecular formula is C29H25N5O6. The van der Waals surface area contributed by atoms with Crippen molar-refractivity contribution in [2.45, 2.75) is 27.2 Å². The molecule has 4 aromatic rings. The lowest BCUT2D eigenvalue weighted by Gasteiger charge is -2.21. The number of rotatable bonds is 7. The molecule has 3 amide bonds. The summed E-state index contributed by atoms with van der Waals surface area (Å²) in [7, 11) is 1.64. The lowest BCUT2D eigenvalue weighted by atomic mass is 9.96. The van der Waals surface area contributed by atoms with Gasteiger partial charge in [-0.25, -0.2) is 4.79 Å². The monoisotopic (exact) mass is 539 g/mol. The van der Waals surface area contributed by atoms with Gasteiger partial charge in [0, 0.05) is 37.7 Å². The Kier molecular flexibility index (Phi) is 7.63. The predicted molar refractivity (Wildman–Crippen MR) is 148 cm³/mol. The van der Waals surface area contributed by atoms with E-state index in [1.807, 2.05) is 13.0 Å². The van der Waals surface area contributed by atoms with Gasteiger partial charge in [-0.15, -0.1) is 0 Å². The van der Waals surface area contributed by atoms with Crippen LogP contribution in [0.25, 0.3) is 22.1 Å². The molecule has 0 saturated carbocycles. The van der Waals surface area contributed by atoms with Gasteiger partial charge in [-0.2, -0.15) is 5.26 Å². The molecule has 4 rings (SSSR count). The molecule has 1 aromatic heterocycles. The summed E-state index contributed by atoms with van der Waals surface area (Å²) in [6.07, 6.45) is 0.259. The van der Waals surface area contributed by atoms with Crippen molar-refractivity contribution in [1.82, 2.24) is 5.16 Å². The number of aromatic nitrogens is 1. The van der Waals surface area contributed by atoms with Gasteiger partial charge in [0.25, 0.3) is 5.91 Å². The van der Waals surface area contributed by atoms with Crippen molar-refractivity contribution in [2.75, 3.05) is 22.6 Å². The van der Waals surface area contributed by atoms with Crippen molar-refractivity contribution in [3.8, 4) is 17.2 Å². The molecular weight excluding hydrogens is 514 g/mol. The molecule has 0 bridgehead atoms. The first-order chi connectivity index (χ1) is 19.0. The summed E-state index contributed by atoms with van der Waals surface area (Å²) in [4.78, 5) is 50.6. The van der Waals surface area contributed by atoms with Gasteiger partial charge in [0.1, 0.15) is 0 Å². The zero-order chi connectivity index (χ0) is 29.1. The number of aryl methyl sites for hydroxylation is 1. The Morgan fingerprint density at radius 2 is 1.80 bits per heavy atom. The van der Waals surface area contributed by atoms with Crippen LogP contribution in [-0.2, 0) is 9.59 Å². The molecule has 0 unspecified atom stereocenters. The van der Waals surface area contributed by atoms with Crippen molar-refractivity contribution in [1.29, 1.82) is 5.26 Å². The van der Waals surface area contributed by atoms with Gasteiger partial charge >= 0.3 is 5.97 Å². The van der Waals surface area contributed by atoms with Crippen LogP contribution >= 0.6 is 0 Å². The van der Waals surface area contributed by atoms with E-state index >= 15 is 0 Å². The number of carbonyl (C=O) groups excluding carboxylic acids is 3. The largest absolute Gasteiger partial charge is 0.478 e. The van der Waals surface area contributed by atoms with Crippen molar-refractivity contribution in [3.05, 3.63) is 70.9 Å². The number of nitrogens with one attached hydrogen (secondary N) is 2. The van der Waals surface area contributed by atoms with Gasteiger partial charge in [0.15, 0.2) is 11.3 Å². The van der Waals surface area contributed by atoms with Gasteiger partial charge in [-0.05, 0) is 54.4 Å². The Hall–Kier alpha value is -5.50. The SMILES string of the molecule is CCC(=O)N(C)c1cc2onc(C(=O)Nc3ccc(C#N)cc3C(=O)O)c2cc1-c1ccc(NC(C)=O)cc1C. The zero-order valence-corrected chi connectivity index (χ0v) is 22.2. The van der Waals surface area contributed by atoms with E-state index < -0.39 is 11.9 Å². The van der Waals surface area contributed by atoms with Crippen LogP contribution in [0.15, 0.2) is 53.1 Å². The fraction of sp³-hybridized carbons (Fsp3) is 0.172. The Morgan fingerprint density at radius 1 is 1.05 bits per heavy atom. The van der Waals surface area contributed by atoms with E-state index in [-0.39, 0.29) is 46.3 Å². The fourth-order valence-corrected chi connectivity index (χ4v) is 4.33. The molecule has 40 heavy (non-hydrogen) atoms. The van der Waals surface area contributed by atoms with Gasteiger partial charge in [0.05, 0.1) is 34.0 Å². The number of anilines is 3. The van der Waals surface area contributed by atoms with Gasteiger partial charge in [-0.1, -0.05) is 18.1 Å². The average molecular weight is 540 g/mol.